The Morgan fingerprint density at radius 3 is 1.50 bits per heavy atom. The van der Waals surface area contributed by atoms with Gasteiger partial charge in [0, 0.05) is 0 Å². The molecule has 5 heteroatoms. The molecule has 2 aromatic rings. The smallest absolute Gasteiger partial charge is 0.478 e. The van der Waals surface area contributed by atoms with Gasteiger partial charge in [-0.3, -0.25) is 0 Å². The van der Waals surface area contributed by atoms with E-state index in [-0.39, 0.29) is 31.6 Å². The third-order valence-corrected chi connectivity index (χ3v) is 4.74. The Morgan fingerprint density at radius 1 is 0.731 bits per heavy atom. The van der Waals surface area contributed by atoms with Crippen molar-refractivity contribution in [3.8, 4) is 0 Å². The molecule has 0 N–H and O–H groups in total. The zero-order valence-corrected chi connectivity index (χ0v) is 18.2. The molecule has 2 heterocycles. The van der Waals surface area contributed by atoms with Crippen molar-refractivity contribution < 1.29 is 29.0 Å². The van der Waals surface area contributed by atoms with Crippen LogP contribution in [0.3, 0.4) is 0 Å². The van der Waals surface area contributed by atoms with Gasteiger partial charge in [0.05, 0.1) is 0 Å². The monoisotopic (exact) mass is 398 g/mol. The number of nitrogens with zero attached hydrogens (tertiary/aromatic N) is 2. The van der Waals surface area contributed by atoms with Crippen LogP contribution in [0.2, 0.25) is 0 Å². The Balaban J connectivity index is 0.00000196. The minimum Gasteiger partial charge on any atom is -0.478 e. The number of hydrogen-bond donors (Lipinski definition) is 0. The second-order valence-electron chi connectivity index (χ2n) is 6.97. The van der Waals surface area contributed by atoms with E-state index in [2.05, 4.69) is 38.1 Å². The molecule has 2 aliphatic heterocycles. The normalized spacial score (nSPS) is 21.9. The molecule has 2 unspecified atom stereocenters. The average Bonchev–Trinajstić information content (AvgIpc) is 3.34. The predicted molar refractivity (Wildman–Crippen MR) is 98.9 cm³/mol. The van der Waals surface area contributed by atoms with Crippen LogP contribution in [-0.2, 0) is 29.0 Å². The van der Waals surface area contributed by atoms with Crippen LogP contribution in [0.15, 0.2) is 70.6 Å². The van der Waals surface area contributed by atoms with Gasteiger partial charge in [-0.15, -0.1) is 0 Å². The molecular formula is C21H22N2O2Zn+2. The molecule has 2 aliphatic rings. The van der Waals surface area contributed by atoms with Crippen LogP contribution in [0.5, 0.6) is 0 Å². The summed E-state index contributed by atoms with van der Waals surface area (Å²) in [7, 11) is 0. The number of hydrogen-bond acceptors (Lipinski definition) is 4. The molecule has 4 nitrogen and oxygen atoms in total. The number of benzene rings is 2. The fourth-order valence-electron chi connectivity index (χ4n) is 3.21. The van der Waals surface area contributed by atoms with Crippen molar-refractivity contribution in [1.29, 1.82) is 0 Å². The molecule has 0 spiro atoms. The predicted octanol–water partition coefficient (Wildman–Crippen LogP) is 4.35. The minimum absolute atomic E-state index is 0. The first-order valence-corrected chi connectivity index (χ1v) is 8.66. The van der Waals surface area contributed by atoms with Crippen molar-refractivity contribution in [2.75, 3.05) is 13.2 Å². The van der Waals surface area contributed by atoms with Gasteiger partial charge < -0.3 is 9.47 Å². The zero-order chi connectivity index (χ0) is 17.3. The molecule has 0 radical (unpaired) electrons. The Labute approximate surface area is 167 Å². The maximum absolute atomic E-state index is 5.93. The fourth-order valence-corrected chi connectivity index (χ4v) is 3.21. The maximum atomic E-state index is 5.93. The first-order chi connectivity index (χ1) is 12.1. The third kappa shape index (κ3) is 3.59. The van der Waals surface area contributed by atoms with Crippen LogP contribution in [0.4, 0.5) is 0 Å². The molecule has 0 bridgehead atoms. The standard InChI is InChI=1S/C21H22N2O2.Zn/c1-21(2,19-22-17(13-24-19)15-9-5-3-6-10-15)20-23-18(14-25-20)16-11-7-4-8-12-16;/h3-12,17-18H,13-14H2,1-2H3;/q;+2. The second-order valence-corrected chi connectivity index (χ2v) is 6.97. The van der Waals surface area contributed by atoms with Gasteiger partial charge in [0.2, 0.25) is 0 Å². The number of ether oxygens (including phenoxy) is 2. The van der Waals surface area contributed by atoms with Crippen molar-refractivity contribution in [1.82, 2.24) is 0 Å². The molecule has 0 aromatic heterocycles. The topological polar surface area (TPSA) is 43.2 Å². The van der Waals surface area contributed by atoms with E-state index in [1.165, 1.54) is 11.1 Å². The van der Waals surface area contributed by atoms with E-state index in [1.807, 2.05) is 36.4 Å². The summed E-state index contributed by atoms with van der Waals surface area (Å²) in [5, 5.41) is 0. The number of rotatable bonds is 4. The summed E-state index contributed by atoms with van der Waals surface area (Å²) < 4.78 is 11.9. The van der Waals surface area contributed by atoms with Gasteiger partial charge in [-0.1, -0.05) is 60.7 Å². The summed E-state index contributed by atoms with van der Waals surface area (Å²) in [6, 6.07) is 20.6. The summed E-state index contributed by atoms with van der Waals surface area (Å²) in [4.78, 5) is 9.61. The molecule has 4 rings (SSSR count). The molecule has 0 amide bonds. The summed E-state index contributed by atoms with van der Waals surface area (Å²) in [6.45, 7) is 5.26. The van der Waals surface area contributed by atoms with E-state index in [0.717, 1.165) is 0 Å². The Hall–Kier alpha value is -2.00. The molecular weight excluding hydrogens is 378 g/mol. The van der Waals surface area contributed by atoms with Gasteiger partial charge in [0.1, 0.15) is 30.7 Å². The Bertz CT molecular complexity index is 736. The quantitative estimate of drug-likeness (QED) is 0.717. The van der Waals surface area contributed by atoms with Crippen LogP contribution >= 0.6 is 0 Å². The van der Waals surface area contributed by atoms with E-state index >= 15 is 0 Å². The summed E-state index contributed by atoms with van der Waals surface area (Å²) in [5.74, 6) is 1.41. The maximum Gasteiger partial charge on any atom is 2.00 e. The summed E-state index contributed by atoms with van der Waals surface area (Å²) in [6.07, 6.45) is 0. The van der Waals surface area contributed by atoms with Crippen LogP contribution in [0.25, 0.3) is 0 Å². The molecule has 0 saturated heterocycles. The molecule has 0 saturated carbocycles. The first kappa shape index (κ1) is 18.8. The van der Waals surface area contributed by atoms with Gasteiger partial charge in [-0.2, -0.15) is 0 Å². The first-order valence-electron chi connectivity index (χ1n) is 8.66. The Kier molecular flexibility index (Phi) is 5.57. The average molecular weight is 400 g/mol. The van der Waals surface area contributed by atoms with Crippen molar-refractivity contribution >= 4 is 11.8 Å². The molecule has 128 valence electrons. The van der Waals surface area contributed by atoms with Gasteiger partial charge in [0.25, 0.3) is 0 Å². The zero-order valence-electron chi connectivity index (χ0n) is 15.3. The summed E-state index contributed by atoms with van der Waals surface area (Å²) in [5.41, 5.74) is 1.88. The van der Waals surface area contributed by atoms with E-state index in [9.17, 15) is 0 Å². The summed E-state index contributed by atoms with van der Waals surface area (Å²) >= 11 is 0. The van der Waals surface area contributed by atoms with Crippen molar-refractivity contribution in [2.24, 2.45) is 15.4 Å². The molecule has 0 fully saturated rings. The largest absolute Gasteiger partial charge is 2.00 e. The van der Waals surface area contributed by atoms with E-state index in [1.54, 1.807) is 0 Å². The molecule has 2 atom stereocenters. The van der Waals surface area contributed by atoms with E-state index in [0.29, 0.717) is 25.0 Å². The van der Waals surface area contributed by atoms with Gasteiger partial charge in [-0.25, -0.2) is 9.98 Å². The molecule has 2 aromatic carbocycles. The van der Waals surface area contributed by atoms with Crippen molar-refractivity contribution in [3.05, 3.63) is 71.8 Å². The van der Waals surface area contributed by atoms with Crippen LogP contribution in [0.1, 0.15) is 37.1 Å². The van der Waals surface area contributed by atoms with Gasteiger partial charge in [0.15, 0.2) is 11.8 Å². The number of aliphatic imine (C=N–C) groups is 2. The van der Waals surface area contributed by atoms with E-state index < -0.39 is 5.41 Å². The van der Waals surface area contributed by atoms with Crippen molar-refractivity contribution in [3.63, 3.8) is 0 Å². The second kappa shape index (κ2) is 7.71. The van der Waals surface area contributed by atoms with Gasteiger partial charge >= 0.3 is 19.5 Å². The van der Waals surface area contributed by atoms with Crippen LogP contribution in [-0.4, -0.2) is 25.0 Å². The van der Waals surface area contributed by atoms with Crippen LogP contribution in [0, 0.1) is 5.41 Å². The van der Waals surface area contributed by atoms with E-state index in [4.69, 9.17) is 19.5 Å². The third-order valence-electron chi connectivity index (χ3n) is 4.74. The molecule has 0 aliphatic carbocycles. The fraction of sp³-hybridized carbons (Fsp3) is 0.333. The van der Waals surface area contributed by atoms with Crippen LogP contribution < -0.4 is 0 Å². The molecule has 26 heavy (non-hydrogen) atoms. The van der Waals surface area contributed by atoms with Crippen molar-refractivity contribution in [2.45, 2.75) is 25.9 Å². The van der Waals surface area contributed by atoms with Gasteiger partial charge in [-0.05, 0) is 25.0 Å². The minimum atomic E-state index is -0.465. The SMILES string of the molecule is CC(C)(C1=NC(c2ccccc2)CO1)C1=NC(c2ccccc2)CO1.[Zn+2]. The Morgan fingerprint density at radius 2 is 1.12 bits per heavy atom.